The number of carbonyl (C=O) groups is 4. The first kappa shape index (κ1) is 32.3. The molecule has 0 saturated heterocycles. The van der Waals surface area contributed by atoms with Crippen LogP contribution in [0.2, 0.25) is 0 Å². The zero-order chi connectivity index (χ0) is 34.6. The number of carbonyl (C=O) groups excluding carboxylic acids is 4. The fraction of sp³-hybridized carbons (Fsp3) is 0.105. The smallest absolute Gasteiger partial charge is 0.262 e. The number of nitrogens with zero attached hydrogens (tertiary/aromatic N) is 4. The SMILES string of the molecule is CC(c1c(Br)c2ccccc2c[n+]1[O-])N1C(=O)c2ccccc2C1=O.CC(c1ncc2ccccc2c1Br)N1C(=O)c2ccccc2C1=O. The third-order valence-electron chi connectivity index (χ3n) is 8.90. The summed E-state index contributed by atoms with van der Waals surface area (Å²) in [7, 11) is 0. The molecule has 0 spiro atoms. The van der Waals surface area contributed by atoms with Gasteiger partial charge in [-0.05, 0) is 81.4 Å². The molecule has 2 atom stereocenters. The summed E-state index contributed by atoms with van der Waals surface area (Å²) in [6, 6.07) is 27.7. The minimum absolute atomic E-state index is 0.273. The molecular formula is C38H26Br2N4O5. The molecule has 11 heteroatoms. The molecule has 0 saturated carbocycles. The Bertz CT molecular complexity index is 2310. The largest absolute Gasteiger partial charge is 0.618 e. The van der Waals surface area contributed by atoms with Crippen molar-refractivity contribution in [2.45, 2.75) is 25.9 Å². The van der Waals surface area contributed by atoms with Gasteiger partial charge in [-0.25, -0.2) is 0 Å². The number of fused-ring (bicyclic) bond motifs is 4. The number of pyridine rings is 2. The average molecular weight is 778 g/mol. The third-order valence-corrected chi connectivity index (χ3v) is 10.6. The van der Waals surface area contributed by atoms with Crippen molar-refractivity contribution in [3.05, 3.63) is 157 Å². The summed E-state index contributed by atoms with van der Waals surface area (Å²) in [4.78, 5) is 57.6. The van der Waals surface area contributed by atoms with Gasteiger partial charge in [-0.1, -0.05) is 66.7 Å². The summed E-state index contributed by atoms with van der Waals surface area (Å²) in [5.74, 6) is -1.31. The lowest BCUT2D eigenvalue weighted by Crippen LogP contribution is -2.41. The van der Waals surface area contributed by atoms with E-state index in [0.29, 0.717) is 38.1 Å². The van der Waals surface area contributed by atoms with E-state index in [0.717, 1.165) is 35.6 Å². The van der Waals surface area contributed by atoms with Crippen LogP contribution < -0.4 is 4.73 Å². The molecule has 9 nitrogen and oxygen atoms in total. The molecule has 0 aliphatic carbocycles. The van der Waals surface area contributed by atoms with E-state index in [2.05, 4.69) is 36.8 Å². The molecule has 2 aliphatic heterocycles. The molecule has 0 radical (unpaired) electrons. The predicted octanol–water partition coefficient (Wildman–Crippen LogP) is 7.95. The highest BCUT2D eigenvalue weighted by Gasteiger charge is 2.42. The van der Waals surface area contributed by atoms with Gasteiger partial charge in [0, 0.05) is 26.8 Å². The molecule has 49 heavy (non-hydrogen) atoms. The zero-order valence-electron chi connectivity index (χ0n) is 26.1. The van der Waals surface area contributed by atoms with Gasteiger partial charge in [-0.15, -0.1) is 0 Å². The summed E-state index contributed by atoms with van der Waals surface area (Å²) in [6.07, 6.45) is 3.23. The molecule has 4 amide bonds. The van der Waals surface area contributed by atoms with Crippen molar-refractivity contribution >= 4 is 77.0 Å². The average Bonchev–Trinajstić information content (AvgIpc) is 3.52. The molecule has 2 aromatic heterocycles. The van der Waals surface area contributed by atoms with E-state index in [1.165, 1.54) is 11.1 Å². The van der Waals surface area contributed by atoms with E-state index in [4.69, 9.17) is 0 Å². The fourth-order valence-electron chi connectivity index (χ4n) is 6.41. The van der Waals surface area contributed by atoms with E-state index >= 15 is 0 Å². The van der Waals surface area contributed by atoms with Crippen LogP contribution in [0, 0.1) is 5.21 Å². The Morgan fingerprint density at radius 1 is 0.592 bits per heavy atom. The Kier molecular flexibility index (Phi) is 8.33. The second kappa shape index (κ2) is 12.6. The van der Waals surface area contributed by atoms with Crippen LogP contribution in [0.15, 0.2) is 118 Å². The molecule has 6 aromatic rings. The van der Waals surface area contributed by atoms with Gasteiger partial charge >= 0.3 is 0 Å². The van der Waals surface area contributed by atoms with Gasteiger partial charge in [-0.3, -0.25) is 34.0 Å². The van der Waals surface area contributed by atoms with Gasteiger partial charge in [0.05, 0.1) is 38.5 Å². The van der Waals surface area contributed by atoms with Gasteiger partial charge in [-0.2, -0.15) is 4.73 Å². The van der Waals surface area contributed by atoms with Gasteiger partial charge in [0.15, 0.2) is 6.20 Å². The van der Waals surface area contributed by atoms with E-state index in [1.54, 1.807) is 61.7 Å². The molecule has 2 unspecified atom stereocenters. The minimum atomic E-state index is -0.705. The zero-order valence-corrected chi connectivity index (χ0v) is 29.3. The number of imide groups is 2. The molecule has 4 heterocycles. The summed E-state index contributed by atoms with van der Waals surface area (Å²) in [5.41, 5.74) is 2.64. The number of rotatable bonds is 4. The van der Waals surface area contributed by atoms with Crippen molar-refractivity contribution in [3.8, 4) is 0 Å². The van der Waals surface area contributed by atoms with Crippen molar-refractivity contribution < 1.29 is 23.9 Å². The Labute approximate surface area is 297 Å². The predicted molar refractivity (Wildman–Crippen MR) is 191 cm³/mol. The molecule has 2 aliphatic rings. The lowest BCUT2D eigenvalue weighted by molar-refractivity contribution is -0.615. The van der Waals surface area contributed by atoms with Crippen molar-refractivity contribution in [2.75, 3.05) is 0 Å². The Morgan fingerprint density at radius 3 is 1.51 bits per heavy atom. The van der Waals surface area contributed by atoms with Crippen LogP contribution in [-0.2, 0) is 0 Å². The highest BCUT2D eigenvalue weighted by molar-refractivity contribution is 9.11. The van der Waals surface area contributed by atoms with Crippen LogP contribution in [-0.4, -0.2) is 38.4 Å². The number of halogens is 2. The van der Waals surface area contributed by atoms with Crippen molar-refractivity contribution in [1.82, 2.24) is 14.8 Å². The Morgan fingerprint density at radius 2 is 1.00 bits per heavy atom. The first-order valence-electron chi connectivity index (χ1n) is 15.4. The number of hydrogen-bond donors (Lipinski definition) is 0. The quantitative estimate of drug-likeness (QED) is 0.102. The van der Waals surface area contributed by atoms with Crippen LogP contribution in [0.4, 0.5) is 0 Å². The van der Waals surface area contributed by atoms with Crippen LogP contribution in [0.5, 0.6) is 0 Å². The van der Waals surface area contributed by atoms with E-state index in [9.17, 15) is 24.4 Å². The standard InChI is InChI=1S/C19H13BrN2O3.C19H13BrN2O2/c1-11(22-18(23)14-8-4-5-9-15(14)19(22)24)17-16(20)13-7-3-2-6-12(13)10-21(17)25;1-11(17-16(20)13-7-3-2-6-12(13)10-21-17)22-18(23)14-8-4-5-9-15(14)19(22)24/h2-11H,1H3;2-11H,1H3. The number of hydrogen-bond acceptors (Lipinski definition) is 6. The van der Waals surface area contributed by atoms with Crippen molar-refractivity contribution in [1.29, 1.82) is 0 Å². The highest BCUT2D eigenvalue weighted by Crippen LogP contribution is 2.37. The van der Waals surface area contributed by atoms with Crippen LogP contribution in [0.25, 0.3) is 21.5 Å². The molecule has 4 aromatic carbocycles. The fourth-order valence-corrected chi connectivity index (χ4v) is 8.07. The third kappa shape index (κ3) is 5.30. The minimum Gasteiger partial charge on any atom is -0.618 e. The summed E-state index contributed by atoms with van der Waals surface area (Å²) in [5, 5.41) is 16.2. The topological polar surface area (TPSA) is 115 Å². The monoisotopic (exact) mass is 776 g/mol. The second-order valence-electron chi connectivity index (χ2n) is 11.7. The van der Waals surface area contributed by atoms with Gasteiger partial charge in [0.1, 0.15) is 6.04 Å². The first-order chi connectivity index (χ1) is 23.6. The van der Waals surface area contributed by atoms with E-state index < -0.39 is 12.1 Å². The maximum atomic E-state index is 12.7. The van der Waals surface area contributed by atoms with Gasteiger partial charge in [0.2, 0.25) is 5.69 Å². The lowest BCUT2D eigenvalue weighted by atomic mass is 10.1. The van der Waals surface area contributed by atoms with Crippen molar-refractivity contribution in [2.24, 2.45) is 0 Å². The molecular weight excluding hydrogens is 752 g/mol. The normalized spacial score (nSPS) is 14.9. The number of amides is 4. The number of aromatic nitrogens is 2. The highest BCUT2D eigenvalue weighted by atomic mass is 79.9. The van der Waals surface area contributed by atoms with Crippen molar-refractivity contribution in [3.63, 3.8) is 0 Å². The Balaban J connectivity index is 0.000000154. The summed E-state index contributed by atoms with van der Waals surface area (Å²) >= 11 is 7.08. The first-order valence-corrected chi connectivity index (χ1v) is 17.0. The maximum absolute atomic E-state index is 12.7. The molecule has 8 rings (SSSR count). The maximum Gasteiger partial charge on any atom is 0.262 e. The van der Waals surface area contributed by atoms with Crippen LogP contribution in [0.3, 0.4) is 0 Å². The van der Waals surface area contributed by atoms with Gasteiger partial charge in [0.25, 0.3) is 23.6 Å². The van der Waals surface area contributed by atoms with E-state index in [-0.39, 0.29) is 23.6 Å². The lowest BCUT2D eigenvalue weighted by Gasteiger charge is -2.23. The van der Waals surface area contributed by atoms with E-state index in [1.807, 2.05) is 55.5 Å². The summed E-state index contributed by atoms with van der Waals surface area (Å²) < 4.78 is 2.12. The van der Waals surface area contributed by atoms with Crippen LogP contribution >= 0.6 is 31.9 Å². The second-order valence-corrected chi connectivity index (χ2v) is 13.3. The molecule has 0 bridgehead atoms. The van der Waals surface area contributed by atoms with Gasteiger partial charge < -0.3 is 5.21 Å². The molecule has 0 N–H and O–H groups in total. The Hall–Kier alpha value is -5.26. The molecule has 0 fully saturated rings. The molecule has 242 valence electrons. The number of benzene rings is 4. The van der Waals surface area contributed by atoms with Crippen LogP contribution in [0.1, 0.15) is 78.8 Å². The summed E-state index contributed by atoms with van der Waals surface area (Å²) in [6.45, 7) is 3.51.